The molecule has 3 N–H and O–H groups in total. The highest BCUT2D eigenvalue weighted by atomic mass is 16.4. The molecule has 1 aromatic carbocycles. The van der Waals surface area contributed by atoms with Crippen molar-refractivity contribution >= 4 is 17.7 Å². The molecule has 2 amide bonds. The Labute approximate surface area is 116 Å². The van der Waals surface area contributed by atoms with Gasteiger partial charge in [-0.3, -0.25) is 4.90 Å². The number of anilines is 1. The molecule has 0 fully saturated rings. The van der Waals surface area contributed by atoms with E-state index in [4.69, 9.17) is 15.5 Å². The van der Waals surface area contributed by atoms with Gasteiger partial charge in [-0.15, -0.1) is 0 Å². The second-order valence-corrected chi connectivity index (χ2v) is 4.07. The molecule has 0 saturated carbocycles. The van der Waals surface area contributed by atoms with Gasteiger partial charge in [0.15, 0.2) is 0 Å². The molecule has 7 heteroatoms. The number of carboxylic acid groups (broad SMARTS) is 1. The van der Waals surface area contributed by atoms with Gasteiger partial charge in [-0.2, -0.15) is 5.26 Å². The zero-order chi connectivity index (χ0) is 15.1. The Kier molecular flexibility index (Phi) is 5.50. The van der Waals surface area contributed by atoms with Gasteiger partial charge in [-0.1, -0.05) is 0 Å². The van der Waals surface area contributed by atoms with Crippen molar-refractivity contribution in [2.75, 3.05) is 18.6 Å². The number of aliphatic carboxylic acids is 1. The molecule has 106 valence electrons. The van der Waals surface area contributed by atoms with E-state index in [1.54, 1.807) is 24.3 Å². The van der Waals surface area contributed by atoms with Crippen molar-refractivity contribution in [1.29, 1.82) is 5.26 Å². The number of aliphatic hydroxyl groups excluding tert-OH is 1. The van der Waals surface area contributed by atoms with Crippen LogP contribution in [0.5, 0.6) is 0 Å². The van der Waals surface area contributed by atoms with E-state index in [1.165, 1.54) is 11.9 Å². The molecule has 1 rings (SSSR count). The van der Waals surface area contributed by atoms with E-state index in [-0.39, 0.29) is 13.0 Å². The first-order valence-electron chi connectivity index (χ1n) is 5.87. The molecule has 0 aromatic heterocycles. The van der Waals surface area contributed by atoms with Crippen molar-refractivity contribution in [1.82, 2.24) is 5.32 Å². The van der Waals surface area contributed by atoms with E-state index in [0.29, 0.717) is 11.3 Å². The van der Waals surface area contributed by atoms with Crippen molar-refractivity contribution in [2.24, 2.45) is 0 Å². The minimum atomic E-state index is -1.21. The quantitative estimate of drug-likeness (QED) is 0.726. The first-order chi connectivity index (χ1) is 9.49. The Hall–Kier alpha value is -2.59. The Balaban J connectivity index is 2.75. The van der Waals surface area contributed by atoms with Gasteiger partial charge in [-0.05, 0) is 24.3 Å². The van der Waals surface area contributed by atoms with Crippen LogP contribution in [0.3, 0.4) is 0 Å². The third kappa shape index (κ3) is 3.96. The predicted molar refractivity (Wildman–Crippen MR) is 71.2 cm³/mol. The maximum absolute atomic E-state index is 11.9. The molecule has 1 aromatic rings. The molecular weight excluding hydrogens is 262 g/mol. The highest BCUT2D eigenvalue weighted by Crippen LogP contribution is 2.13. The fourth-order valence-electron chi connectivity index (χ4n) is 1.51. The maximum atomic E-state index is 11.9. The number of hydrogen-bond acceptors (Lipinski definition) is 4. The Morgan fingerprint density at radius 3 is 2.45 bits per heavy atom. The van der Waals surface area contributed by atoms with Crippen molar-refractivity contribution < 1.29 is 19.8 Å². The molecule has 1 atom stereocenters. The molecule has 0 radical (unpaired) electrons. The van der Waals surface area contributed by atoms with E-state index in [1.807, 2.05) is 6.07 Å². The number of urea groups is 1. The zero-order valence-corrected chi connectivity index (χ0v) is 10.9. The van der Waals surface area contributed by atoms with Gasteiger partial charge in [0, 0.05) is 25.8 Å². The highest BCUT2D eigenvalue weighted by Gasteiger charge is 2.21. The summed E-state index contributed by atoms with van der Waals surface area (Å²) in [4.78, 5) is 24.0. The second kappa shape index (κ2) is 7.11. The number of amides is 2. The fourth-order valence-corrected chi connectivity index (χ4v) is 1.51. The predicted octanol–water partition coefficient (Wildman–Crippen LogP) is 0.540. The van der Waals surface area contributed by atoms with Crippen LogP contribution in [-0.4, -0.2) is 41.9 Å². The number of hydrogen-bond donors (Lipinski definition) is 3. The van der Waals surface area contributed by atoms with E-state index >= 15 is 0 Å². The van der Waals surface area contributed by atoms with Gasteiger partial charge in [0.05, 0.1) is 11.6 Å². The van der Waals surface area contributed by atoms with Crippen LogP contribution in [0, 0.1) is 11.3 Å². The molecule has 0 aliphatic carbocycles. The Morgan fingerprint density at radius 1 is 1.40 bits per heavy atom. The molecule has 0 aliphatic heterocycles. The van der Waals surface area contributed by atoms with Gasteiger partial charge >= 0.3 is 12.0 Å². The van der Waals surface area contributed by atoms with Gasteiger partial charge < -0.3 is 15.5 Å². The lowest BCUT2D eigenvalue weighted by molar-refractivity contribution is -0.139. The number of nitrogens with zero attached hydrogens (tertiary/aromatic N) is 2. The third-order valence-electron chi connectivity index (χ3n) is 2.70. The summed E-state index contributed by atoms with van der Waals surface area (Å²) in [5.41, 5.74) is 0.987. The summed E-state index contributed by atoms with van der Waals surface area (Å²) >= 11 is 0. The average molecular weight is 277 g/mol. The first-order valence-corrected chi connectivity index (χ1v) is 5.87. The summed E-state index contributed by atoms with van der Waals surface area (Å²) in [5.74, 6) is -1.21. The summed E-state index contributed by atoms with van der Waals surface area (Å²) in [6.07, 6.45) is -0.0672. The van der Waals surface area contributed by atoms with Gasteiger partial charge in [0.2, 0.25) is 0 Å². The van der Waals surface area contributed by atoms with Crippen LogP contribution in [0.25, 0.3) is 0 Å². The van der Waals surface area contributed by atoms with Crippen molar-refractivity contribution in [2.45, 2.75) is 12.5 Å². The lowest BCUT2D eigenvalue weighted by Gasteiger charge is -2.21. The molecule has 0 saturated heterocycles. The summed E-state index contributed by atoms with van der Waals surface area (Å²) in [6.45, 7) is -0.335. The Morgan fingerprint density at radius 2 is 2.00 bits per heavy atom. The number of carbonyl (C=O) groups excluding carboxylic acids is 1. The number of nitrogens with one attached hydrogen (secondary N) is 1. The topological polar surface area (TPSA) is 114 Å². The normalized spacial score (nSPS) is 11.2. The summed E-state index contributed by atoms with van der Waals surface area (Å²) < 4.78 is 0. The first kappa shape index (κ1) is 15.5. The largest absolute Gasteiger partial charge is 0.480 e. The van der Waals surface area contributed by atoms with E-state index in [2.05, 4.69) is 5.32 Å². The number of carboxylic acids is 1. The average Bonchev–Trinajstić information content (AvgIpc) is 2.45. The SMILES string of the molecule is CN(C(=O)N[C@@H](CCO)C(=O)O)c1ccc(C#N)cc1. The van der Waals surface area contributed by atoms with E-state index in [0.717, 1.165) is 0 Å². The third-order valence-corrected chi connectivity index (χ3v) is 2.70. The minimum absolute atomic E-state index is 0.0672. The zero-order valence-electron chi connectivity index (χ0n) is 10.9. The second-order valence-electron chi connectivity index (χ2n) is 4.07. The van der Waals surface area contributed by atoms with E-state index in [9.17, 15) is 9.59 Å². The molecule has 0 unspecified atom stereocenters. The maximum Gasteiger partial charge on any atom is 0.326 e. The van der Waals surface area contributed by atoms with Crippen LogP contribution < -0.4 is 10.2 Å². The molecule has 0 bridgehead atoms. The minimum Gasteiger partial charge on any atom is -0.480 e. The van der Waals surface area contributed by atoms with Crippen LogP contribution in [0.4, 0.5) is 10.5 Å². The van der Waals surface area contributed by atoms with Crippen molar-refractivity contribution in [3.8, 4) is 6.07 Å². The molecule has 20 heavy (non-hydrogen) atoms. The summed E-state index contributed by atoms with van der Waals surface area (Å²) in [5, 5.41) is 28.6. The van der Waals surface area contributed by atoms with Gasteiger partial charge in [-0.25, -0.2) is 9.59 Å². The summed E-state index contributed by atoms with van der Waals surface area (Å²) in [6, 6.07) is 6.50. The smallest absolute Gasteiger partial charge is 0.326 e. The molecule has 0 aliphatic rings. The van der Waals surface area contributed by atoms with Gasteiger partial charge in [0.1, 0.15) is 6.04 Å². The number of carbonyl (C=O) groups is 2. The molecule has 0 spiro atoms. The van der Waals surface area contributed by atoms with Crippen LogP contribution in [-0.2, 0) is 4.79 Å². The Bertz CT molecular complexity index is 521. The van der Waals surface area contributed by atoms with Crippen LogP contribution in [0.2, 0.25) is 0 Å². The lowest BCUT2D eigenvalue weighted by atomic mass is 10.2. The van der Waals surface area contributed by atoms with Gasteiger partial charge in [0.25, 0.3) is 0 Å². The lowest BCUT2D eigenvalue weighted by Crippen LogP contribution is -2.47. The fraction of sp³-hybridized carbons (Fsp3) is 0.308. The van der Waals surface area contributed by atoms with E-state index < -0.39 is 18.0 Å². The monoisotopic (exact) mass is 277 g/mol. The van der Waals surface area contributed by atoms with Crippen molar-refractivity contribution in [3.05, 3.63) is 29.8 Å². The van der Waals surface area contributed by atoms with Crippen LogP contribution >= 0.6 is 0 Å². The van der Waals surface area contributed by atoms with Crippen molar-refractivity contribution in [3.63, 3.8) is 0 Å². The summed E-state index contributed by atoms with van der Waals surface area (Å²) in [7, 11) is 1.48. The molecule has 7 nitrogen and oxygen atoms in total. The van der Waals surface area contributed by atoms with Crippen LogP contribution in [0.1, 0.15) is 12.0 Å². The van der Waals surface area contributed by atoms with Crippen LogP contribution in [0.15, 0.2) is 24.3 Å². The number of nitriles is 1. The molecular formula is C13H15N3O4. The highest BCUT2D eigenvalue weighted by molar-refractivity contribution is 5.94. The molecule has 0 heterocycles. The number of benzene rings is 1. The number of aliphatic hydroxyl groups is 1. The standard InChI is InChI=1S/C13H15N3O4/c1-16(10-4-2-9(8-14)3-5-10)13(20)15-11(6-7-17)12(18)19/h2-5,11,17H,6-7H2,1H3,(H,15,20)(H,18,19)/t11-/m0/s1. The number of rotatable bonds is 5.